The summed E-state index contributed by atoms with van der Waals surface area (Å²) in [6.07, 6.45) is -4.38. The van der Waals surface area contributed by atoms with Crippen LogP contribution in [0.1, 0.15) is 24.1 Å². The second-order valence-electron chi connectivity index (χ2n) is 5.16. The van der Waals surface area contributed by atoms with Crippen LogP contribution < -0.4 is 5.32 Å². The molecule has 0 aliphatic heterocycles. The highest BCUT2D eigenvalue weighted by molar-refractivity contribution is 7.80. The first-order valence-electron chi connectivity index (χ1n) is 6.87. The predicted molar refractivity (Wildman–Crippen MR) is 84.7 cm³/mol. The van der Waals surface area contributed by atoms with E-state index in [1.165, 1.54) is 6.07 Å². The summed E-state index contributed by atoms with van der Waals surface area (Å²) in [5.74, 6) is 0.542. The minimum absolute atomic E-state index is 0.271. The lowest BCUT2D eigenvalue weighted by molar-refractivity contribution is -0.137. The van der Waals surface area contributed by atoms with Crippen LogP contribution in [0.5, 0.6) is 0 Å². The molecule has 0 amide bonds. The van der Waals surface area contributed by atoms with E-state index in [9.17, 15) is 13.2 Å². The number of nitrogens with one attached hydrogen (secondary N) is 1. The van der Waals surface area contributed by atoms with Gasteiger partial charge in [-0.1, -0.05) is 23.4 Å². The smallest absolute Gasteiger partial charge is 0.360 e. The molecule has 3 rings (SSSR count). The number of aromatic nitrogens is 1. The third-order valence-corrected chi connectivity index (χ3v) is 3.94. The Kier molecular flexibility index (Phi) is 3.97. The summed E-state index contributed by atoms with van der Waals surface area (Å²) in [5, 5.41) is 7.91. The highest BCUT2D eigenvalue weighted by Gasteiger charge is 2.31. The van der Waals surface area contributed by atoms with Gasteiger partial charge >= 0.3 is 6.18 Å². The fourth-order valence-corrected chi connectivity index (χ4v) is 2.77. The predicted octanol–water partition coefficient (Wildman–Crippen LogP) is 5.31. The third-order valence-electron chi connectivity index (χ3n) is 3.55. The van der Waals surface area contributed by atoms with Gasteiger partial charge in [0.15, 0.2) is 11.4 Å². The third kappa shape index (κ3) is 3.14. The Balaban J connectivity index is 1.87. The van der Waals surface area contributed by atoms with Crippen molar-refractivity contribution < 1.29 is 17.7 Å². The molecule has 0 aliphatic carbocycles. The molecule has 7 heteroatoms. The lowest BCUT2D eigenvalue weighted by atomic mass is 10.1. The van der Waals surface area contributed by atoms with Gasteiger partial charge in [-0.15, -0.1) is 12.6 Å². The van der Waals surface area contributed by atoms with Gasteiger partial charge in [0, 0.05) is 4.90 Å². The topological polar surface area (TPSA) is 38.1 Å². The van der Waals surface area contributed by atoms with Gasteiger partial charge in [0.2, 0.25) is 0 Å². The standard InChI is InChI=1S/C16H13F3N2OS/c1-9(11-7-6-10(8-14(11)23)16(17,18)19)20-15-12-4-2-3-5-13(12)22-21-15/h2-9,23H,1H3,(H,20,21). The lowest BCUT2D eigenvalue weighted by Crippen LogP contribution is -2.10. The zero-order valence-electron chi connectivity index (χ0n) is 12.1. The number of fused-ring (bicyclic) bond motifs is 1. The second-order valence-corrected chi connectivity index (χ2v) is 5.65. The van der Waals surface area contributed by atoms with Crippen LogP contribution in [-0.4, -0.2) is 5.16 Å². The molecule has 0 bridgehead atoms. The van der Waals surface area contributed by atoms with E-state index in [2.05, 4.69) is 23.1 Å². The number of anilines is 1. The average molecular weight is 338 g/mol. The summed E-state index contributed by atoms with van der Waals surface area (Å²) in [5.41, 5.74) is 0.569. The SMILES string of the molecule is CC(Nc1noc2ccccc12)c1ccc(C(F)(F)F)cc1S. The Hall–Kier alpha value is -2.15. The van der Waals surface area contributed by atoms with E-state index >= 15 is 0 Å². The van der Waals surface area contributed by atoms with Gasteiger partial charge in [-0.2, -0.15) is 13.2 Å². The van der Waals surface area contributed by atoms with Gasteiger partial charge in [0.1, 0.15) is 0 Å². The summed E-state index contributed by atoms with van der Waals surface area (Å²) >= 11 is 4.18. The van der Waals surface area contributed by atoms with E-state index < -0.39 is 11.7 Å². The number of alkyl halides is 3. The van der Waals surface area contributed by atoms with Gasteiger partial charge in [0.25, 0.3) is 0 Å². The maximum absolute atomic E-state index is 12.7. The molecular formula is C16H13F3N2OS. The normalized spacial score (nSPS) is 13.3. The quantitative estimate of drug-likeness (QED) is 0.636. The molecule has 1 N–H and O–H groups in total. The molecule has 0 aliphatic rings. The van der Waals surface area contributed by atoms with Crippen LogP contribution in [0.2, 0.25) is 0 Å². The molecule has 1 atom stereocenters. The van der Waals surface area contributed by atoms with E-state index in [1.807, 2.05) is 25.1 Å². The minimum Gasteiger partial charge on any atom is -0.360 e. The lowest BCUT2D eigenvalue weighted by Gasteiger charge is -2.17. The van der Waals surface area contributed by atoms with E-state index in [4.69, 9.17) is 4.52 Å². The first-order chi connectivity index (χ1) is 10.9. The zero-order chi connectivity index (χ0) is 16.6. The van der Waals surface area contributed by atoms with Crippen molar-refractivity contribution >= 4 is 29.4 Å². The van der Waals surface area contributed by atoms with Crippen LogP contribution in [0.15, 0.2) is 51.9 Å². The van der Waals surface area contributed by atoms with E-state index in [-0.39, 0.29) is 10.9 Å². The first-order valence-corrected chi connectivity index (χ1v) is 7.32. The Labute approximate surface area is 135 Å². The number of thiol groups is 1. The summed E-state index contributed by atoms with van der Waals surface area (Å²) in [4.78, 5) is 0.271. The summed E-state index contributed by atoms with van der Waals surface area (Å²) < 4.78 is 43.3. The molecule has 23 heavy (non-hydrogen) atoms. The van der Waals surface area contributed by atoms with Crippen LogP contribution >= 0.6 is 12.6 Å². The molecule has 0 radical (unpaired) electrons. The molecule has 1 aromatic heterocycles. The van der Waals surface area contributed by atoms with Crippen molar-refractivity contribution in [3.63, 3.8) is 0 Å². The summed E-state index contributed by atoms with van der Waals surface area (Å²) in [6, 6.07) is 10.6. The molecular weight excluding hydrogens is 325 g/mol. The Morgan fingerprint density at radius 1 is 1.17 bits per heavy atom. The number of para-hydroxylation sites is 1. The molecule has 0 saturated heterocycles. The molecule has 3 nitrogen and oxygen atoms in total. The van der Waals surface area contributed by atoms with Gasteiger partial charge in [-0.25, -0.2) is 0 Å². The molecule has 1 unspecified atom stereocenters. The molecule has 0 fully saturated rings. The van der Waals surface area contributed by atoms with E-state index in [1.54, 1.807) is 6.07 Å². The Morgan fingerprint density at radius 3 is 2.61 bits per heavy atom. The van der Waals surface area contributed by atoms with Gasteiger partial charge in [-0.3, -0.25) is 0 Å². The molecule has 0 spiro atoms. The Morgan fingerprint density at radius 2 is 1.91 bits per heavy atom. The molecule has 3 aromatic rings. The second kappa shape index (κ2) is 5.81. The number of nitrogens with zero attached hydrogens (tertiary/aromatic N) is 1. The highest BCUT2D eigenvalue weighted by Crippen LogP contribution is 2.34. The van der Waals surface area contributed by atoms with Gasteiger partial charge in [-0.05, 0) is 36.8 Å². The first kappa shape index (κ1) is 15.7. The molecule has 0 saturated carbocycles. The van der Waals surface area contributed by atoms with Crippen LogP contribution in [0.3, 0.4) is 0 Å². The Bertz CT molecular complexity index is 845. The maximum Gasteiger partial charge on any atom is 0.416 e. The molecule has 120 valence electrons. The van der Waals surface area contributed by atoms with Crippen molar-refractivity contribution in [1.82, 2.24) is 5.16 Å². The number of hydrogen-bond acceptors (Lipinski definition) is 4. The van der Waals surface area contributed by atoms with Crippen LogP contribution in [-0.2, 0) is 6.18 Å². The fraction of sp³-hybridized carbons (Fsp3) is 0.188. The number of halogens is 3. The van der Waals surface area contributed by atoms with Crippen LogP contribution in [0, 0.1) is 0 Å². The number of benzene rings is 2. The van der Waals surface area contributed by atoms with Crippen molar-refractivity contribution in [2.75, 3.05) is 5.32 Å². The van der Waals surface area contributed by atoms with Crippen molar-refractivity contribution in [2.45, 2.75) is 24.0 Å². The van der Waals surface area contributed by atoms with Crippen LogP contribution in [0.25, 0.3) is 11.0 Å². The minimum atomic E-state index is -4.38. The van der Waals surface area contributed by atoms with Crippen molar-refractivity contribution in [1.29, 1.82) is 0 Å². The van der Waals surface area contributed by atoms with Crippen LogP contribution in [0.4, 0.5) is 19.0 Å². The summed E-state index contributed by atoms with van der Waals surface area (Å²) in [7, 11) is 0. The van der Waals surface area contributed by atoms with E-state index in [0.717, 1.165) is 17.5 Å². The van der Waals surface area contributed by atoms with Crippen molar-refractivity contribution in [2.24, 2.45) is 0 Å². The van der Waals surface area contributed by atoms with Crippen molar-refractivity contribution in [3.05, 3.63) is 53.6 Å². The van der Waals surface area contributed by atoms with E-state index in [0.29, 0.717) is 17.0 Å². The highest BCUT2D eigenvalue weighted by atomic mass is 32.1. The van der Waals surface area contributed by atoms with Gasteiger partial charge < -0.3 is 9.84 Å². The monoisotopic (exact) mass is 338 g/mol. The molecule has 1 heterocycles. The fourth-order valence-electron chi connectivity index (χ4n) is 2.36. The molecule has 2 aromatic carbocycles. The summed E-state index contributed by atoms with van der Waals surface area (Å²) in [6.45, 7) is 1.83. The number of hydrogen-bond donors (Lipinski definition) is 2. The largest absolute Gasteiger partial charge is 0.416 e. The number of rotatable bonds is 3. The van der Waals surface area contributed by atoms with Gasteiger partial charge in [0.05, 0.1) is 17.0 Å². The van der Waals surface area contributed by atoms with Crippen molar-refractivity contribution in [3.8, 4) is 0 Å². The maximum atomic E-state index is 12.7. The average Bonchev–Trinajstić information content (AvgIpc) is 2.89. The zero-order valence-corrected chi connectivity index (χ0v) is 12.9.